The van der Waals surface area contributed by atoms with E-state index in [4.69, 9.17) is 10.5 Å². The highest BCUT2D eigenvalue weighted by molar-refractivity contribution is 5.91. The zero-order chi connectivity index (χ0) is 18.2. The molecule has 0 atom stereocenters. The van der Waals surface area contributed by atoms with E-state index in [1.54, 1.807) is 6.20 Å². The summed E-state index contributed by atoms with van der Waals surface area (Å²) < 4.78 is 5.77. The molecule has 0 radical (unpaired) electrons. The van der Waals surface area contributed by atoms with Crippen molar-refractivity contribution >= 4 is 36.4 Å². The van der Waals surface area contributed by atoms with Gasteiger partial charge in [-0.3, -0.25) is 9.78 Å². The minimum atomic E-state index is -0.0323. The standard InChI is InChI=1S/C21H27N3O2.2ClH/c22-16-21(10-3-1-4-11-21)14-20(25)24-17-8-6-9-19(13-17)26-15-18-7-2-5-12-23-18;;/h2,5-9,12-13H,1,3-4,10-11,14-16,22H2,(H,24,25);2*1H. The van der Waals surface area contributed by atoms with Crippen molar-refractivity contribution < 1.29 is 9.53 Å². The lowest BCUT2D eigenvalue weighted by Gasteiger charge is -2.35. The van der Waals surface area contributed by atoms with Gasteiger partial charge in [-0.05, 0) is 49.1 Å². The lowest BCUT2D eigenvalue weighted by molar-refractivity contribution is -0.118. The van der Waals surface area contributed by atoms with E-state index in [1.165, 1.54) is 19.3 Å². The average Bonchev–Trinajstić information content (AvgIpc) is 2.68. The van der Waals surface area contributed by atoms with Crippen molar-refractivity contribution in [3.05, 3.63) is 54.4 Å². The maximum atomic E-state index is 12.5. The summed E-state index contributed by atoms with van der Waals surface area (Å²) in [6.45, 7) is 0.974. The number of carbonyl (C=O) groups is 1. The van der Waals surface area contributed by atoms with E-state index in [2.05, 4.69) is 10.3 Å². The number of carbonyl (C=O) groups excluding carboxylic acids is 1. The van der Waals surface area contributed by atoms with Crippen LogP contribution in [-0.2, 0) is 11.4 Å². The van der Waals surface area contributed by atoms with Crippen LogP contribution in [0, 0.1) is 5.41 Å². The summed E-state index contributed by atoms with van der Waals surface area (Å²) in [6, 6.07) is 13.2. The molecule has 0 bridgehead atoms. The number of rotatable bonds is 7. The molecule has 28 heavy (non-hydrogen) atoms. The zero-order valence-electron chi connectivity index (χ0n) is 15.9. The number of amides is 1. The van der Waals surface area contributed by atoms with Crippen LogP contribution < -0.4 is 15.8 Å². The van der Waals surface area contributed by atoms with Gasteiger partial charge >= 0.3 is 0 Å². The van der Waals surface area contributed by atoms with Gasteiger partial charge in [0.1, 0.15) is 12.4 Å². The Morgan fingerprint density at radius 2 is 1.89 bits per heavy atom. The molecule has 3 N–H and O–H groups in total. The molecule has 1 aliphatic carbocycles. The highest BCUT2D eigenvalue weighted by Gasteiger charge is 2.32. The highest BCUT2D eigenvalue weighted by Crippen LogP contribution is 2.38. The Morgan fingerprint density at radius 1 is 1.11 bits per heavy atom. The van der Waals surface area contributed by atoms with Crippen LogP contribution in [-0.4, -0.2) is 17.4 Å². The van der Waals surface area contributed by atoms with Gasteiger partial charge in [-0.25, -0.2) is 0 Å². The zero-order valence-corrected chi connectivity index (χ0v) is 17.6. The monoisotopic (exact) mass is 425 g/mol. The number of nitrogens with two attached hydrogens (primary N) is 1. The fourth-order valence-corrected chi connectivity index (χ4v) is 3.61. The van der Waals surface area contributed by atoms with Crippen LogP contribution in [0.15, 0.2) is 48.7 Å². The molecule has 1 aromatic heterocycles. The van der Waals surface area contributed by atoms with Crippen LogP contribution in [0.5, 0.6) is 5.75 Å². The molecule has 0 aliphatic heterocycles. The number of benzene rings is 1. The van der Waals surface area contributed by atoms with Crippen LogP contribution >= 0.6 is 24.8 Å². The van der Waals surface area contributed by atoms with Crippen LogP contribution in [0.25, 0.3) is 0 Å². The van der Waals surface area contributed by atoms with Gasteiger partial charge in [-0.2, -0.15) is 0 Å². The summed E-state index contributed by atoms with van der Waals surface area (Å²) >= 11 is 0. The summed E-state index contributed by atoms with van der Waals surface area (Å²) in [5.74, 6) is 0.735. The van der Waals surface area contributed by atoms with Gasteiger partial charge in [0.05, 0.1) is 5.69 Å². The third kappa shape index (κ3) is 6.97. The normalized spacial score (nSPS) is 14.9. The van der Waals surface area contributed by atoms with E-state index in [0.717, 1.165) is 24.2 Å². The number of ether oxygens (including phenoxy) is 1. The van der Waals surface area contributed by atoms with E-state index < -0.39 is 0 Å². The van der Waals surface area contributed by atoms with Gasteiger partial charge in [0.2, 0.25) is 5.91 Å². The molecule has 3 rings (SSSR count). The Bertz CT molecular complexity index is 723. The lowest BCUT2D eigenvalue weighted by Crippen LogP contribution is -2.36. The average molecular weight is 426 g/mol. The van der Waals surface area contributed by atoms with Gasteiger partial charge in [0, 0.05) is 24.4 Å². The summed E-state index contributed by atoms with van der Waals surface area (Å²) in [5, 5.41) is 3.00. The largest absolute Gasteiger partial charge is 0.487 e. The van der Waals surface area contributed by atoms with Crippen LogP contribution in [0.3, 0.4) is 0 Å². The Labute approximate surface area is 179 Å². The number of nitrogens with zero attached hydrogens (tertiary/aromatic N) is 1. The van der Waals surface area contributed by atoms with Crippen LogP contribution in [0.1, 0.15) is 44.2 Å². The molecule has 1 aromatic carbocycles. The Kier molecular flexibility index (Phi) is 10.3. The number of hydrogen-bond acceptors (Lipinski definition) is 4. The SMILES string of the molecule is Cl.Cl.NCC1(CC(=O)Nc2cccc(OCc3ccccn3)c2)CCCCC1. The van der Waals surface area contributed by atoms with Gasteiger partial charge < -0.3 is 15.8 Å². The highest BCUT2D eigenvalue weighted by atomic mass is 35.5. The van der Waals surface area contributed by atoms with E-state index in [1.807, 2.05) is 42.5 Å². The summed E-state index contributed by atoms with van der Waals surface area (Å²) in [6.07, 6.45) is 7.91. The van der Waals surface area contributed by atoms with Gasteiger partial charge in [0.25, 0.3) is 0 Å². The Balaban J connectivity index is 0.00000196. The van der Waals surface area contributed by atoms with Gasteiger partial charge in [0.15, 0.2) is 0 Å². The van der Waals surface area contributed by atoms with E-state index >= 15 is 0 Å². The number of anilines is 1. The molecule has 0 unspecified atom stereocenters. The minimum absolute atomic E-state index is 0. The van der Waals surface area contributed by atoms with Gasteiger partial charge in [-0.1, -0.05) is 31.4 Å². The molecule has 0 saturated heterocycles. The minimum Gasteiger partial charge on any atom is -0.487 e. The molecule has 1 heterocycles. The number of aromatic nitrogens is 1. The Morgan fingerprint density at radius 3 is 2.57 bits per heavy atom. The molecule has 1 amide bonds. The van der Waals surface area contributed by atoms with Crippen molar-refractivity contribution in [1.82, 2.24) is 4.98 Å². The second-order valence-electron chi connectivity index (χ2n) is 7.13. The molecule has 7 heteroatoms. The molecule has 1 aliphatic rings. The smallest absolute Gasteiger partial charge is 0.224 e. The van der Waals surface area contributed by atoms with Crippen molar-refractivity contribution in [2.45, 2.75) is 45.1 Å². The van der Waals surface area contributed by atoms with Crippen molar-refractivity contribution in [3.63, 3.8) is 0 Å². The van der Waals surface area contributed by atoms with Crippen molar-refractivity contribution in [3.8, 4) is 5.75 Å². The maximum Gasteiger partial charge on any atom is 0.224 e. The molecule has 2 aromatic rings. The Hall–Kier alpha value is -1.82. The lowest BCUT2D eigenvalue weighted by atomic mass is 9.71. The first kappa shape index (κ1) is 24.2. The summed E-state index contributed by atoms with van der Waals surface area (Å²) in [4.78, 5) is 16.8. The van der Waals surface area contributed by atoms with Crippen molar-refractivity contribution in [2.75, 3.05) is 11.9 Å². The first-order valence-corrected chi connectivity index (χ1v) is 9.32. The molecular formula is C21H29Cl2N3O2. The van der Waals surface area contributed by atoms with E-state index in [-0.39, 0.29) is 36.1 Å². The third-order valence-corrected chi connectivity index (χ3v) is 5.11. The quantitative estimate of drug-likeness (QED) is 0.670. The number of hydrogen-bond donors (Lipinski definition) is 2. The molecule has 0 spiro atoms. The molecular weight excluding hydrogens is 397 g/mol. The third-order valence-electron chi connectivity index (χ3n) is 5.11. The maximum absolute atomic E-state index is 12.5. The summed E-state index contributed by atoms with van der Waals surface area (Å²) in [5.41, 5.74) is 7.57. The van der Waals surface area contributed by atoms with E-state index in [0.29, 0.717) is 25.3 Å². The van der Waals surface area contributed by atoms with E-state index in [9.17, 15) is 4.79 Å². The number of nitrogens with one attached hydrogen (secondary N) is 1. The predicted molar refractivity (Wildman–Crippen MR) is 117 cm³/mol. The first-order valence-electron chi connectivity index (χ1n) is 9.32. The predicted octanol–water partition coefficient (Wildman–Crippen LogP) is 4.74. The van der Waals surface area contributed by atoms with Crippen LogP contribution in [0.4, 0.5) is 5.69 Å². The molecule has 1 saturated carbocycles. The molecule has 154 valence electrons. The fraction of sp³-hybridized carbons (Fsp3) is 0.429. The second-order valence-corrected chi connectivity index (χ2v) is 7.13. The molecule has 1 fully saturated rings. The van der Waals surface area contributed by atoms with Crippen molar-refractivity contribution in [2.24, 2.45) is 11.1 Å². The van der Waals surface area contributed by atoms with Crippen molar-refractivity contribution in [1.29, 1.82) is 0 Å². The topological polar surface area (TPSA) is 77.2 Å². The second kappa shape index (κ2) is 11.9. The van der Waals surface area contributed by atoms with Crippen LogP contribution in [0.2, 0.25) is 0 Å². The first-order chi connectivity index (χ1) is 12.7. The summed E-state index contributed by atoms with van der Waals surface area (Å²) in [7, 11) is 0. The molecule has 5 nitrogen and oxygen atoms in total. The van der Waals surface area contributed by atoms with Gasteiger partial charge in [-0.15, -0.1) is 24.8 Å². The number of pyridine rings is 1. The fourth-order valence-electron chi connectivity index (χ4n) is 3.61. The number of halogens is 2.